The molecule has 0 radical (unpaired) electrons. The summed E-state index contributed by atoms with van der Waals surface area (Å²) < 4.78 is 32.2. The minimum absolute atomic E-state index is 0.0859. The highest BCUT2D eigenvalue weighted by Crippen LogP contribution is 2.25. The van der Waals surface area contributed by atoms with Gasteiger partial charge in [0.25, 0.3) is 5.69 Å². The number of aryl methyl sites for hydroxylation is 1. The average Bonchev–Trinajstić information content (AvgIpc) is 2.69. The predicted molar refractivity (Wildman–Crippen MR) is 106 cm³/mol. The molecule has 0 amide bonds. The van der Waals surface area contributed by atoms with Crippen molar-refractivity contribution in [3.05, 3.63) is 63.7 Å². The van der Waals surface area contributed by atoms with Crippen molar-refractivity contribution in [3.8, 4) is 0 Å². The average molecular weight is 405 g/mol. The van der Waals surface area contributed by atoms with Gasteiger partial charge in [-0.15, -0.1) is 0 Å². The topological polar surface area (TPSA) is 93.0 Å². The summed E-state index contributed by atoms with van der Waals surface area (Å²) in [6.07, 6.45) is 0. The molecule has 0 N–H and O–H groups in total. The Morgan fingerprint density at radius 2 is 1.79 bits per heavy atom. The fraction of sp³-hybridized carbons (Fsp3) is 0.368. The van der Waals surface area contributed by atoms with Gasteiger partial charge in [-0.2, -0.15) is 4.31 Å². The van der Waals surface area contributed by atoms with Crippen LogP contribution < -0.4 is 4.90 Å². The maximum Gasteiger partial charge on any atom is 0.273 e. The van der Waals surface area contributed by atoms with Gasteiger partial charge in [-0.1, -0.05) is 18.2 Å². The molecule has 2 aromatic carbocycles. The Morgan fingerprint density at radius 3 is 2.39 bits per heavy atom. The smallest absolute Gasteiger partial charge is 0.273 e. The molecule has 1 aliphatic heterocycles. The molecule has 0 unspecified atom stereocenters. The lowest BCUT2D eigenvalue weighted by Gasteiger charge is -2.29. The largest absolute Gasteiger partial charge is 0.378 e. The van der Waals surface area contributed by atoms with Crippen molar-refractivity contribution < 1.29 is 18.1 Å². The van der Waals surface area contributed by atoms with Crippen LogP contribution in [0, 0.1) is 17.0 Å². The minimum atomic E-state index is -3.84. The molecule has 0 atom stereocenters. The molecule has 1 aliphatic rings. The second-order valence-electron chi connectivity index (χ2n) is 6.73. The highest BCUT2D eigenvalue weighted by atomic mass is 32.2. The summed E-state index contributed by atoms with van der Waals surface area (Å²) in [4.78, 5) is 12.7. The number of nitro groups is 1. The number of ether oxygens (including phenoxy) is 1. The van der Waals surface area contributed by atoms with Crippen molar-refractivity contribution in [1.82, 2.24) is 4.31 Å². The van der Waals surface area contributed by atoms with Crippen molar-refractivity contribution >= 4 is 21.4 Å². The highest BCUT2D eigenvalue weighted by molar-refractivity contribution is 7.89. The van der Waals surface area contributed by atoms with E-state index in [-0.39, 0.29) is 17.1 Å². The SMILES string of the molecule is Cc1ccc(S(=O)(=O)N(C)Cc2ccc(N3CCOCC3)cc2)cc1[N+](=O)[O-]. The van der Waals surface area contributed by atoms with E-state index in [1.54, 1.807) is 6.92 Å². The van der Waals surface area contributed by atoms with E-state index >= 15 is 0 Å². The van der Waals surface area contributed by atoms with E-state index < -0.39 is 14.9 Å². The van der Waals surface area contributed by atoms with Gasteiger partial charge >= 0.3 is 0 Å². The number of benzene rings is 2. The molecule has 0 bridgehead atoms. The van der Waals surface area contributed by atoms with Crippen LogP contribution in [0.5, 0.6) is 0 Å². The Labute approximate surface area is 164 Å². The van der Waals surface area contributed by atoms with Gasteiger partial charge in [0.2, 0.25) is 10.0 Å². The number of nitrogens with zero attached hydrogens (tertiary/aromatic N) is 3. The predicted octanol–water partition coefficient (Wildman–Crippen LogP) is 2.56. The zero-order chi connectivity index (χ0) is 20.3. The van der Waals surface area contributed by atoms with Crippen LogP contribution in [0.1, 0.15) is 11.1 Å². The van der Waals surface area contributed by atoms with Gasteiger partial charge in [0.15, 0.2) is 0 Å². The normalized spacial score (nSPS) is 15.0. The van der Waals surface area contributed by atoms with Crippen LogP contribution in [-0.4, -0.2) is 51.0 Å². The summed E-state index contributed by atoms with van der Waals surface area (Å²) in [6, 6.07) is 11.7. The van der Waals surface area contributed by atoms with Gasteiger partial charge < -0.3 is 9.64 Å². The number of hydrogen-bond acceptors (Lipinski definition) is 6. The maximum atomic E-state index is 12.8. The van der Waals surface area contributed by atoms with Crippen LogP contribution >= 0.6 is 0 Å². The second kappa shape index (κ2) is 8.26. The molecule has 8 nitrogen and oxygen atoms in total. The van der Waals surface area contributed by atoms with Crippen LogP contribution in [0.25, 0.3) is 0 Å². The Balaban J connectivity index is 1.75. The molecule has 9 heteroatoms. The first-order valence-electron chi connectivity index (χ1n) is 8.92. The van der Waals surface area contributed by atoms with Crippen LogP contribution in [0.3, 0.4) is 0 Å². The number of hydrogen-bond donors (Lipinski definition) is 0. The standard InChI is InChI=1S/C19H23N3O5S/c1-15-3-8-18(13-19(15)22(23)24)28(25,26)20(2)14-16-4-6-17(7-5-16)21-9-11-27-12-10-21/h3-8,13H,9-12,14H2,1-2H3. The minimum Gasteiger partial charge on any atom is -0.378 e. The van der Waals surface area contributed by atoms with Crippen molar-refractivity contribution in [2.75, 3.05) is 38.3 Å². The summed E-state index contributed by atoms with van der Waals surface area (Å²) >= 11 is 0. The third-order valence-electron chi connectivity index (χ3n) is 4.80. The Hall–Kier alpha value is -2.49. The zero-order valence-electron chi connectivity index (χ0n) is 15.9. The van der Waals surface area contributed by atoms with Crippen LogP contribution in [0.2, 0.25) is 0 Å². The van der Waals surface area contributed by atoms with Gasteiger partial charge in [-0.25, -0.2) is 8.42 Å². The van der Waals surface area contributed by atoms with E-state index in [0.717, 1.165) is 30.4 Å². The number of morpholine rings is 1. The third-order valence-corrected chi connectivity index (χ3v) is 6.60. The first-order chi connectivity index (χ1) is 13.3. The van der Waals surface area contributed by atoms with Crippen molar-refractivity contribution in [3.63, 3.8) is 0 Å². The van der Waals surface area contributed by atoms with E-state index in [9.17, 15) is 18.5 Å². The first kappa shape index (κ1) is 20.2. The van der Waals surface area contributed by atoms with Gasteiger partial charge in [-0.05, 0) is 30.7 Å². The van der Waals surface area contributed by atoms with Gasteiger partial charge in [-0.3, -0.25) is 10.1 Å². The molecule has 3 rings (SSSR count). The van der Waals surface area contributed by atoms with Gasteiger partial charge in [0.05, 0.1) is 23.0 Å². The number of sulfonamides is 1. The van der Waals surface area contributed by atoms with E-state index in [0.29, 0.717) is 18.8 Å². The molecule has 2 aromatic rings. The number of rotatable bonds is 6. The fourth-order valence-electron chi connectivity index (χ4n) is 3.10. The Bertz CT molecular complexity index is 954. The lowest BCUT2D eigenvalue weighted by Crippen LogP contribution is -2.36. The second-order valence-corrected chi connectivity index (χ2v) is 8.78. The van der Waals surface area contributed by atoms with Crippen LogP contribution in [0.4, 0.5) is 11.4 Å². The molecule has 0 aliphatic carbocycles. The molecule has 1 heterocycles. The fourth-order valence-corrected chi connectivity index (χ4v) is 4.28. The first-order valence-corrected chi connectivity index (χ1v) is 10.4. The van der Waals surface area contributed by atoms with Crippen molar-refractivity contribution in [2.24, 2.45) is 0 Å². The molecule has 1 saturated heterocycles. The number of anilines is 1. The summed E-state index contributed by atoms with van der Waals surface area (Å²) in [5, 5.41) is 11.1. The number of nitro benzene ring substituents is 1. The van der Waals surface area contributed by atoms with Crippen LogP contribution in [0.15, 0.2) is 47.4 Å². The molecule has 0 aromatic heterocycles. The summed E-state index contributed by atoms with van der Waals surface area (Å²) in [5.74, 6) is 0. The molecule has 0 saturated carbocycles. The Kier molecular flexibility index (Phi) is 5.97. The summed E-state index contributed by atoms with van der Waals surface area (Å²) in [7, 11) is -2.37. The lowest BCUT2D eigenvalue weighted by molar-refractivity contribution is -0.385. The summed E-state index contributed by atoms with van der Waals surface area (Å²) in [6.45, 7) is 4.82. The van der Waals surface area contributed by atoms with Gasteiger partial charge in [0.1, 0.15) is 0 Å². The molecule has 0 spiro atoms. The van der Waals surface area contributed by atoms with E-state index in [2.05, 4.69) is 4.90 Å². The quantitative estimate of drug-likeness (QED) is 0.542. The van der Waals surface area contributed by atoms with Crippen molar-refractivity contribution in [1.29, 1.82) is 0 Å². The van der Waals surface area contributed by atoms with E-state index in [1.807, 2.05) is 24.3 Å². The van der Waals surface area contributed by atoms with E-state index in [4.69, 9.17) is 4.74 Å². The van der Waals surface area contributed by atoms with Crippen LogP contribution in [-0.2, 0) is 21.3 Å². The Morgan fingerprint density at radius 1 is 1.14 bits per heavy atom. The summed E-state index contributed by atoms with van der Waals surface area (Å²) in [5.41, 5.74) is 2.13. The monoisotopic (exact) mass is 405 g/mol. The van der Waals surface area contributed by atoms with Gasteiger partial charge in [0, 0.05) is 44.0 Å². The molecule has 150 valence electrons. The zero-order valence-corrected chi connectivity index (χ0v) is 16.7. The molecule has 1 fully saturated rings. The lowest BCUT2D eigenvalue weighted by atomic mass is 10.2. The molecular formula is C19H23N3O5S. The maximum absolute atomic E-state index is 12.8. The molecule has 28 heavy (non-hydrogen) atoms. The highest BCUT2D eigenvalue weighted by Gasteiger charge is 2.24. The third kappa shape index (κ3) is 4.32. The van der Waals surface area contributed by atoms with Crippen molar-refractivity contribution in [2.45, 2.75) is 18.4 Å². The van der Waals surface area contributed by atoms with E-state index in [1.165, 1.54) is 23.5 Å². The molecular weight excluding hydrogens is 382 g/mol.